The van der Waals surface area contributed by atoms with Crippen molar-refractivity contribution in [1.29, 1.82) is 0 Å². The molecule has 2 aromatic heterocycles. The van der Waals surface area contributed by atoms with Crippen LogP contribution in [0.25, 0.3) is 10.7 Å². The summed E-state index contributed by atoms with van der Waals surface area (Å²) in [7, 11) is -3.65. The second-order valence-electron chi connectivity index (χ2n) is 8.73. The molecule has 34 heavy (non-hydrogen) atoms. The van der Waals surface area contributed by atoms with Crippen molar-refractivity contribution in [1.82, 2.24) is 19.3 Å². The second kappa shape index (κ2) is 10.4. The van der Waals surface area contributed by atoms with Gasteiger partial charge in [0.25, 0.3) is 0 Å². The molecule has 1 saturated heterocycles. The Morgan fingerprint density at radius 3 is 2.74 bits per heavy atom. The Labute approximate surface area is 204 Å². The second-order valence-corrected chi connectivity index (χ2v) is 11.6. The van der Waals surface area contributed by atoms with Gasteiger partial charge in [-0.3, -0.25) is 4.79 Å². The molecule has 3 aromatic rings. The molecule has 0 N–H and O–H groups in total. The van der Waals surface area contributed by atoms with Crippen molar-refractivity contribution in [3.05, 3.63) is 53.2 Å². The first kappa shape index (κ1) is 24.6. The highest BCUT2D eigenvalue weighted by molar-refractivity contribution is 7.89. The fourth-order valence-electron chi connectivity index (χ4n) is 4.10. The minimum atomic E-state index is -3.65. The van der Waals surface area contributed by atoms with Gasteiger partial charge in [0.1, 0.15) is 6.54 Å². The Morgan fingerprint density at radius 2 is 2.06 bits per heavy atom. The van der Waals surface area contributed by atoms with E-state index in [0.717, 1.165) is 16.9 Å². The highest BCUT2D eigenvalue weighted by Gasteiger charge is 2.36. The number of sulfonamides is 1. The fourth-order valence-corrected chi connectivity index (χ4v) is 6.27. The maximum absolute atomic E-state index is 13.6. The van der Waals surface area contributed by atoms with Crippen molar-refractivity contribution >= 4 is 27.3 Å². The summed E-state index contributed by atoms with van der Waals surface area (Å²) in [4.78, 5) is 21.0. The molecule has 4 rings (SSSR count). The lowest BCUT2D eigenvalue weighted by atomic mass is 9.97. The van der Waals surface area contributed by atoms with Gasteiger partial charge >= 0.3 is 0 Å². The van der Waals surface area contributed by atoms with E-state index in [1.165, 1.54) is 15.6 Å². The highest BCUT2D eigenvalue weighted by Crippen LogP contribution is 2.27. The summed E-state index contributed by atoms with van der Waals surface area (Å²) in [5.74, 6) is 0.392. The van der Waals surface area contributed by atoms with E-state index in [9.17, 15) is 13.2 Å². The van der Waals surface area contributed by atoms with Gasteiger partial charge in [-0.1, -0.05) is 35.8 Å². The minimum absolute atomic E-state index is 0.0475. The third kappa shape index (κ3) is 5.24. The molecule has 2 atom stereocenters. The third-order valence-electron chi connectivity index (χ3n) is 6.31. The summed E-state index contributed by atoms with van der Waals surface area (Å²) in [6.45, 7) is 6.71. The standard InChI is InChI=1S/C24H30N4O4S2/c1-4-18(3)28(16-22-25-23(26-32-22)21-8-6-14-33-21)24(29)19-7-5-13-27(15-19)34(30,31)20-11-9-17(2)10-12-20/h6,8-12,14,18-19H,4-5,7,13,15-16H2,1-3H3/t18-,19+/m0/s1. The molecule has 3 heterocycles. The normalized spacial score (nSPS) is 18.0. The van der Waals surface area contributed by atoms with Gasteiger partial charge in [-0.25, -0.2) is 8.42 Å². The topological polar surface area (TPSA) is 96.6 Å². The van der Waals surface area contributed by atoms with Gasteiger partial charge < -0.3 is 9.42 Å². The Balaban J connectivity index is 1.50. The van der Waals surface area contributed by atoms with Crippen molar-refractivity contribution in [3.63, 3.8) is 0 Å². The van der Waals surface area contributed by atoms with Crippen LogP contribution in [-0.4, -0.2) is 52.8 Å². The van der Waals surface area contributed by atoms with Crippen molar-refractivity contribution in [2.45, 2.75) is 57.5 Å². The van der Waals surface area contributed by atoms with Crippen molar-refractivity contribution in [2.24, 2.45) is 5.92 Å². The quantitative estimate of drug-likeness (QED) is 0.455. The van der Waals surface area contributed by atoms with Crippen LogP contribution in [0.5, 0.6) is 0 Å². The number of benzene rings is 1. The summed E-state index contributed by atoms with van der Waals surface area (Å²) >= 11 is 1.52. The molecule has 1 fully saturated rings. The van der Waals surface area contributed by atoms with Crippen LogP contribution < -0.4 is 0 Å². The maximum atomic E-state index is 13.6. The number of hydrogen-bond acceptors (Lipinski definition) is 7. The van der Waals surface area contributed by atoms with E-state index in [4.69, 9.17) is 4.52 Å². The number of rotatable bonds is 8. The van der Waals surface area contributed by atoms with Crippen molar-refractivity contribution in [3.8, 4) is 10.7 Å². The summed E-state index contributed by atoms with van der Waals surface area (Å²) in [5, 5.41) is 6.00. The van der Waals surface area contributed by atoms with Gasteiger partial charge in [-0.05, 0) is 56.7 Å². The van der Waals surface area contributed by atoms with Crippen molar-refractivity contribution in [2.75, 3.05) is 13.1 Å². The Kier molecular flexibility index (Phi) is 7.49. The van der Waals surface area contributed by atoms with Crippen LogP contribution in [-0.2, 0) is 21.4 Å². The number of aromatic nitrogens is 2. The largest absolute Gasteiger partial charge is 0.337 e. The lowest BCUT2D eigenvalue weighted by Gasteiger charge is -2.36. The van der Waals surface area contributed by atoms with Gasteiger partial charge in [0, 0.05) is 19.1 Å². The average molecular weight is 503 g/mol. The van der Waals surface area contributed by atoms with E-state index in [1.807, 2.05) is 38.3 Å². The first-order valence-corrected chi connectivity index (χ1v) is 13.8. The molecule has 0 saturated carbocycles. The van der Waals surface area contributed by atoms with Crippen LogP contribution in [0.1, 0.15) is 44.6 Å². The lowest BCUT2D eigenvalue weighted by Crippen LogP contribution is -2.48. The van der Waals surface area contributed by atoms with E-state index in [2.05, 4.69) is 10.1 Å². The van der Waals surface area contributed by atoms with Crippen LogP contribution in [0.4, 0.5) is 0 Å². The highest BCUT2D eigenvalue weighted by atomic mass is 32.2. The molecule has 8 nitrogen and oxygen atoms in total. The van der Waals surface area contributed by atoms with E-state index < -0.39 is 15.9 Å². The SMILES string of the molecule is CC[C@H](C)N(Cc1nc(-c2cccs2)no1)C(=O)[C@@H]1CCCN(S(=O)(=O)c2ccc(C)cc2)C1. The molecule has 10 heteroatoms. The summed E-state index contributed by atoms with van der Waals surface area (Å²) in [6, 6.07) is 10.6. The van der Waals surface area contributed by atoms with E-state index in [0.29, 0.717) is 31.1 Å². The number of aryl methyl sites for hydroxylation is 1. The fraction of sp³-hybridized carbons (Fsp3) is 0.458. The van der Waals surface area contributed by atoms with Crippen LogP contribution >= 0.6 is 11.3 Å². The van der Waals surface area contributed by atoms with E-state index >= 15 is 0 Å². The number of nitrogens with zero attached hydrogens (tertiary/aromatic N) is 4. The van der Waals surface area contributed by atoms with E-state index in [1.54, 1.807) is 29.2 Å². The maximum Gasteiger partial charge on any atom is 0.246 e. The lowest BCUT2D eigenvalue weighted by molar-refractivity contribution is -0.140. The van der Waals surface area contributed by atoms with Crippen LogP contribution in [0.2, 0.25) is 0 Å². The Bertz CT molecular complexity index is 1210. The zero-order valence-electron chi connectivity index (χ0n) is 19.7. The summed E-state index contributed by atoms with van der Waals surface area (Å²) in [5.41, 5.74) is 0.998. The molecular weight excluding hydrogens is 472 g/mol. The molecule has 182 valence electrons. The number of amides is 1. The average Bonchev–Trinajstić information content (AvgIpc) is 3.54. The molecule has 0 unspecified atom stereocenters. The van der Waals surface area contributed by atoms with Crippen LogP contribution in [0.15, 0.2) is 51.2 Å². The predicted octanol–water partition coefficient (Wildman–Crippen LogP) is 4.33. The first-order chi connectivity index (χ1) is 16.3. The van der Waals surface area contributed by atoms with Crippen LogP contribution in [0.3, 0.4) is 0 Å². The Hall–Kier alpha value is -2.56. The van der Waals surface area contributed by atoms with Crippen molar-refractivity contribution < 1.29 is 17.7 Å². The smallest absolute Gasteiger partial charge is 0.246 e. The van der Waals surface area contributed by atoms with Gasteiger partial charge in [0.15, 0.2) is 0 Å². The van der Waals surface area contributed by atoms with Gasteiger partial charge in [-0.15, -0.1) is 11.3 Å². The summed E-state index contributed by atoms with van der Waals surface area (Å²) in [6.07, 6.45) is 2.05. The number of carbonyl (C=O) groups is 1. The molecule has 1 aliphatic heterocycles. The van der Waals surface area contributed by atoms with Crippen LogP contribution in [0, 0.1) is 12.8 Å². The molecule has 0 bridgehead atoms. The van der Waals surface area contributed by atoms with Gasteiger partial charge in [0.2, 0.25) is 27.6 Å². The van der Waals surface area contributed by atoms with Gasteiger partial charge in [-0.2, -0.15) is 9.29 Å². The predicted molar refractivity (Wildman–Crippen MR) is 131 cm³/mol. The Morgan fingerprint density at radius 1 is 1.29 bits per heavy atom. The molecule has 1 amide bonds. The molecule has 1 aliphatic rings. The molecule has 0 radical (unpaired) electrons. The molecule has 0 spiro atoms. The minimum Gasteiger partial charge on any atom is -0.337 e. The zero-order valence-corrected chi connectivity index (χ0v) is 21.3. The summed E-state index contributed by atoms with van der Waals surface area (Å²) < 4.78 is 33.3. The first-order valence-electron chi connectivity index (χ1n) is 11.5. The van der Waals surface area contributed by atoms with E-state index in [-0.39, 0.29) is 29.9 Å². The number of thiophene rings is 1. The molecule has 1 aromatic carbocycles. The number of carbonyl (C=O) groups excluding carboxylic acids is 1. The monoisotopic (exact) mass is 502 g/mol. The molecular formula is C24H30N4O4S2. The zero-order chi connectivity index (χ0) is 24.3. The van der Waals surface area contributed by atoms with Gasteiger partial charge in [0.05, 0.1) is 15.7 Å². The number of hydrogen-bond donors (Lipinski definition) is 0. The number of piperidine rings is 1. The third-order valence-corrected chi connectivity index (χ3v) is 9.06. The molecule has 0 aliphatic carbocycles.